The maximum absolute atomic E-state index is 14.5. The Labute approximate surface area is 350 Å². The number of ether oxygens (including phenoxy) is 6. The van der Waals surface area contributed by atoms with Crippen LogP contribution >= 0.6 is 0 Å². The summed E-state index contributed by atoms with van der Waals surface area (Å²) in [7, 11) is 0. The minimum absolute atomic E-state index is 0.00284. The zero-order chi connectivity index (χ0) is 43.5. The SMILES string of the molecule is C=C(COCOC(=O)C(C)(C)C)[C@@H]1CC[C@]2(C(=O)OCOC(=O)C(C)(C)C)CC[C@]3(C)C(CCC4[C@@]5(C)CC[C@H](OCOC(=O)C(C)(C)C)C(C)(C)C5CC[C@]43C)C12. The maximum Gasteiger partial charge on any atom is 0.315 e. The third kappa shape index (κ3) is 8.29. The molecule has 5 aliphatic rings. The van der Waals surface area contributed by atoms with Gasteiger partial charge in [-0.05, 0) is 183 Å². The lowest BCUT2D eigenvalue weighted by molar-refractivity contribution is -0.258. The van der Waals surface area contributed by atoms with Crippen LogP contribution in [0.5, 0.6) is 0 Å². The Bertz CT molecular complexity index is 1580. The molecule has 0 heterocycles. The van der Waals surface area contributed by atoms with E-state index in [0.717, 1.165) is 56.9 Å². The van der Waals surface area contributed by atoms with Gasteiger partial charge in [-0.15, -0.1) is 0 Å². The second-order valence-electron chi connectivity index (χ2n) is 23.3. The standard InChI is InChI=1S/C48H78O10/c1-30(26-53-27-55-37(49)41(2,3)4)31-18-23-48(40(52)58-29-57-39(51)43(8,9)10)25-24-46(14)32(36(31)48)16-17-34-45(13)21-20-35(54-28-56-38(50)42(5,6)7)44(11,12)33(45)19-22-47(34,46)15/h31-36H,1,16-29H2,2-15H3/t31-,32?,33?,34?,35-,36?,45-,46+,47+,48-/m0/s1. The van der Waals surface area contributed by atoms with Gasteiger partial charge in [-0.25, -0.2) is 0 Å². The van der Waals surface area contributed by atoms with Crippen molar-refractivity contribution >= 4 is 23.9 Å². The molecule has 4 unspecified atom stereocenters. The Kier molecular flexibility index (Phi) is 12.9. The van der Waals surface area contributed by atoms with Crippen molar-refractivity contribution in [3.05, 3.63) is 12.2 Å². The molecule has 0 aliphatic heterocycles. The first kappa shape index (κ1) is 46.6. The molecule has 5 rings (SSSR count). The van der Waals surface area contributed by atoms with Crippen LogP contribution in [0.1, 0.15) is 161 Å². The second kappa shape index (κ2) is 16.1. The zero-order valence-electron chi connectivity index (χ0n) is 38.7. The van der Waals surface area contributed by atoms with E-state index in [-0.39, 0.29) is 83.6 Å². The summed E-state index contributed by atoms with van der Waals surface area (Å²) in [6.07, 6.45) is 9.37. The van der Waals surface area contributed by atoms with Crippen LogP contribution in [0.25, 0.3) is 0 Å². The van der Waals surface area contributed by atoms with E-state index < -0.39 is 34.4 Å². The van der Waals surface area contributed by atoms with Crippen molar-refractivity contribution in [1.82, 2.24) is 0 Å². The summed E-state index contributed by atoms with van der Waals surface area (Å²) in [6, 6.07) is 0. The topological polar surface area (TPSA) is 124 Å². The summed E-state index contributed by atoms with van der Waals surface area (Å²) >= 11 is 0. The van der Waals surface area contributed by atoms with Gasteiger partial charge in [-0.2, -0.15) is 0 Å². The second-order valence-corrected chi connectivity index (χ2v) is 23.3. The van der Waals surface area contributed by atoms with E-state index in [9.17, 15) is 19.2 Å². The number of fused-ring (bicyclic) bond motifs is 7. The van der Waals surface area contributed by atoms with E-state index in [4.69, 9.17) is 28.4 Å². The fourth-order valence-electron chi connectivity index (χ4n) is 13.1. The van der Waals surface area contributed by atoms with Crippen molar-refractivity contribution in [3.8, 4) is 0 Å². The minimum atomic E-state index is -0.719. The first-order chi connectivity index (χ1) is 26.6. The van der Waals surface area contributed by atoms with E-state index in [1.165, 1.54) is 0 Å². The number of hydrogen-bond acceptors (Lipinski definition) is 10. The molecule has 0 aromatic carbocycles. The molecule has 10 atom stereocenters. The maximum atomic E-state index is 14.5. The molecule has 0 aromatic rings. The number of carbonyl (C=O) groups is 4. The van der Waals surface area contributed by atoms with Gasteiger partial charge in [0.1, 0.15) is 0 Å². The number of rotatable bonds is 11. The summed E-state index contributed by atoms with van der Waals surface area (Å²) in [5, 5.41) is 0. The van der Waals surface area contributed by atoms with Crippen molar-refractivity contribution in [2.75, 3.05) is 27.0 Å². The van der Waals surface area contributed by atoms with Crippen molar-refractivity contribution in [2.45, 2.75) is 167 Å². The Hall–Kier alpha value is -2.46. The van der Waals surface area contributed by atoms with E-state index in [2.05, 4.69) is 41.2 Å². The number of esters is 4. The fourth-order valence-corrected chi connectivity index (χ4v) is 13.1. The number of carbonyl (C=O) groups excluding carboxylic acids is 4. The average Bonchev–Trinajstić information content (AvgIpc) is 3.51. The number of hydrogen-bond donors (Lipinski definition) is 0. The highest BCUT2D eigenvalue weighted by molar-refractivity contribution is 5.79. The molecule has 0 bridgehead atoms. The quantitative estimate of drug-likeness (QED) is 0.0655. The van der Waals surface area contributed by atoms with Crippen LogP contribution in [-0.2, 0) is 47.6 Å². The zero-order valence-corrected chi connectivity index (χ0v) is 38.7. The molecule has 5 saturated carbocycles. The van der Waals surface area contributed by atoms with E-state index in [1.807, 2.05) is 41.5 Å². The van der Waals surface area contributed by atoms with Crippen LogP contribution in [0, 0.1) is 72.9 Å². The van der Waals surface area contributed by atoms with Crippen LogP contribution in [0.4, 0.5) is 0 Å². The molecule has 0 radical (unpaired) electrons. The summed E-state index contributed by atoms with van der Waals surface area (Å²) < 4.78 is 34.7. The van der Waals surface area contributed by atoms with Gasteiger partial charge in [-0.1, -0.05) is 41.2 Å². The highest BCUT2D eigenvalue weighted by Crippen LogP contribution is 2.77. The molecular formula is C48H78O10. The first-order valence-corrected chi connectivity index (χ1v) is 22.1. The van der Waals surface area contributed by atoms with Crippen molar-refractivity contribution in [2.24, 2.45) is 72.9 Å². The molecule has 5 aliphatic carbocycles. The highest BCUT2D eigenvalue weighted by Gasteiger charge is 2.72. The molecule has 0 spiro atoms. The molecule has 10 heteroatoms. The first-order valence-electron chi connectivity index (χ1n) is 22.1. The van der Waals surface area contributed by atoms with E-state index in [0.29, 0.717) is 24.7 Å². The summed E-state index contributed by atoms with van der Waals surface area (Å²) in [6.45, 7) is 33.0. The predicted molar refractivity (Wildman–Crippen MR) is 221 cm³/mol. The van der Waals surface area contributed by atoms with Crippen LogP contribution in [-0.4, -0.2) is 57.0 Å². The van der Waals surface area contributed by atoms with Crippen molar-refractivity contribution in [1.29, 1.82) is 0 Å². The molecule has 58 heavy (non-hydrogen) atoms. The van der Waals surface area contributed by atoms with Gasteiger partial charge in [0.2, 0.25) is 6.79 Å². The lowest BCUT2D eigenvalue weighted by atomic mass is 9.32. The molecule has 0 aromatic heterocycles. The lowest BCUT2D eigenvalue weighted by Gasteiger charge is -2.72. The summed E-state index contributed by atoms with van der Waals surface area (Å²) in [5.41, 5.74) is -1.70. The van der Waals surface area contributed by atoms with Gasteiger partial charge in [-0.3, -0.25) is 19.2 Å². The van der Waals surface area contributed by atoms with Gasteiger partial charge in [0.05, 0.1) is 34.4 Å². The van der Waals surface area contributed by atoms with Gasteiger partial charge in [0.15, 0.2) is 13.6 Å². The van der Waals surface area contributed by atoms with Crippen molar-refractivity contribution < 1.29 is 47.6 Å². The van der Waals surface area contributed by atoms with E-state index >= 15 is 0 Å². The monoisotopic (exact) mass is 815 g/mol. The predicted octanol–water partition coefficient (Wildman–Crippen LogP) is 10.2. The van der Waals surface area contributed by atoms with Crippen LogP contribution in [0.3, 0.4) is 0 Å². The highest BCUT2D eigenvalue weighted by atomic mass is 16.7. The molecule has 5 fully saturated rings. The van der Waals surface area contributed by atoms with Crippen molar-refractivity contribution in [3.63, 3.8) is 0 Å². The molecule has 330 valence electrons. The summed E-state index contributed by atoms with van der Waals surface area (Å²) in [5.74, 6) is -0.0328. The largest absolute Gasteiger partial charge is 0.438 e. The van der Waals surface area contributed by atoms with Crippen LogP contribution in [0.2, 0.25) is 0 Å². The summed E-state index contributed by atoms with van der Waals surface area (Å²) in [4.78, 5) is 52.0. The van der Waals surface area contributed by atoms with Gasteiger partial charge in [0, 0.05) is 0 Å². The Morgan fingerprint density at radius 3 is 1.74 bits per heavy atom. The fraction of sp³-hybridized carbons (Fsp3) is 0.875. The molecule has 10 nitrogen and oxygen atoms in total. The smallest absolute Gasteiger partial charge is 0.315 e. The Morgan fingerprint density at radius 1 is 0.586 bits per heavy atom. The van der Waals surface area contributed by atoms with E-state index in [1.54, 1.807) is 20.8 Å². The Balaban J connectivity index is 1.39. The Morgan fingerprint density at radius 2 is 1.16 bits per heavy atom. The normalized spacial score (nSPS) is 36.9. The van der Waals surface area contributed by atoms with Crippen LogP contribution in [0.15, 0.2) is 12.2 Å². The molecule has 0 saturated heterocycles. The van der Waals surface area contributed by atoms with Gasteiger partial charge in [0.25, 0.3) is 0 Å². The molecule has 0 N–H and O–H groups in total. The average molecular weight is 815 g/mol. The third-order valence-electron chi connectivity index (χ3n) is 16.5. The minimum Gasteiger partial charge on any atom is -0.438 e. The molecule has 0 amide bonds. The molecular weight excluding hydrogens is 737 g/mol. The lowest BCUT2D eigenvalue weighted by Crippen LogP contribution is -2.67. The van der Waals surface area contributed by atoms with Gasteiger partial charge < -0.3 is 28.4 Å². The third-order valence-corrected chi connectivity index (χ3v) is 16.5. The van der Waals surface area contributed by atoms with Gasteiger partial charge >= 0.3 is 23.9 Å². The van der Waals surface area contributed by atoms with Crippen LogP contribution < -0.4 is 0 Å².